The van der Waals surface area contributed by atoms with E-state index in [1.807, 2.05) is 31.4 Å². The molecule has 8 heteroatoms. The Bertz CT molecular complexity index is 1110. The quantitative estimate of drug-likeness (QED) is 0.556. The van der Waals surface area contributed by atoms with Gasteiger partial charge in [0.2, 0.25) is 0 Å². The van der Waals surface area contributed by atoms with Crippen LogP contribution in [0.15, 0.2) is 49.1 Å². The summed E-state index contributed by atoms with van der Waals surface area (Å²) in [5.41, 5.74) is 3.97. The molecule has 1 N–H and O–H groups in total. The van der Waals surface area contributed by atoms with Crippen LogP contribution in [0.5, 0.6) is 5.75 Å². The van der Waals surface area contributed by atoms with Gasteiger partial charge in [-0.3, -0.25) is 9.67 Å². The summed E-state index contributed by atoms with van der Waals surface area (Å²) in [6.07, 6.45) is 4.63. The molecule has 0 bridgehead atoms. The van der Waals surface area contributed by atoms with E-state index >= 15 is 0 Å². The second-order valence-corrected chi connectivity index (χ2v) is 6.34. The van der Waals surface area contributed by atoms with Gasteiger partial charge in [0.25, 0.3) is 0 Å². The van der Waals surface area contributed by atoms with Gasteiger partial charge in [0.1, 0.15) is 23.4 Å². The maximum Gasteiger partial charge on any atom is 0.145 e. The molecule has 1 aromatic carbocycles. The van der Waals surface area contributed by atoms with Crippen molar-refractivity contribution in [2.45, 2.75) is 13.1 Å². The minimum Gasteiger partial charge on any atom is -0.494 e. The fraction of sp³-hybridized carbons (Fsp3) is 0.200. The molecule has 0 atom stereocenters. The summed E-state index contributed by atoms with van der Waals surface area (Å²) in [4.78, 5) is 13.0. The average Bonchev–Trinajstić information content (AvgIpc) is 3.13. The van der Waals surface area contributed by atoms with Crippen molar-refractivity contribution in [2.24, 2.45) is 7.05 Å². The van der Waals surface area contributed by atoms with Crippen LogP contribution in [0.1, 0.15) is 11.4 Å². The number of aryl methyl sites for hydroxylation is 1. The van der Waals surface area contributed by atoms with E-state index in [4.69, 9.17) is 4.74 Å². The number of pyridine rings is 1. The third-order valence-corrected chi connectivity index (χ3v) is 4.40. The highest BCUT2D eigenvalue weighted by molar-refractivity contribution is 5.90. The fourth-order valence-electron chi connectivity index (χ4n) is 3.04. The van der Waals surface area contributed by atoms with Crippen molar-refractivity contribution in [3.63, 3.8) is 0 Å². The van der Waals surface area contributed by atoms with Gasteiger partial charge < -0.3 is 10.1 Å². The number of methoxy groups -OCH3 is 1. The highest BCUT2D eigenvalue weighted by Gasteiger charge is 2.12. The Balaban J connectivity index is 1.68. The molecule has 0 saturated heterocycles. The second-order valence-electron chi connectivity index (χ2n) is 6.34. The maximum atomic E-state index is 13.2. The molecule has 0 spiro atoms. The number of hydrogen-bond acceptors (Lipinski definition) is 6. The summed E-state index contributed by atoms with van der Waals surface area (Å²) >= 11 is 0. The first-order valence-electron chi connectivity index (χ1n) is 8.77. The molecule has 3 aromatic heterocycles. The van der Waals surface area contributed by atoms with Crippen LogP contribution in [0.4, 0.5) is 4.39 Å². The van der Waals surface area contributed by atoms with E-state index in [1.165, 1.54) is 18.6 Å². The standard InChI is InChI=1S/C20H19FN6O/c1-27-6-5-15(26-27)10-22-11-18-16-7-13(17-4-3-14(21)9-23-17)8-19(28-2)20(16)25-12-24-18/h3-9,12,22H,10-11H2,1-2H3. The third-order valence-electron chi connectivity index (χ3n) is 4.40. The minimum atomic E-state index is -0.376. The Labute approximate surface area is 161 Å². The number of aromatic nitrogens is 5. The number of fused-ring (bicyclic) bond motifs is 1. The molecule has 3 heterocycles. The topological polar surface area (TPSA) is 77.8 Å². The summed E-state index contributed by atoms with van der Waals surface area (Å²) < 4.78 is 20.5. The molecule has 4 aromatic rings. The predicted octanol–water partition coefficient (Wildman–Crippen LogP) is 2.86. The number of hydrogen-bond donors (Lipinski definition) is 1. The van der Waals surface area contributed by atoms with Gasteiger partial charge in [0.15, 0.2) is 0 Å². The molecule has 7 nitrogen and oxygen atoms in total. The lowest BCUT2D eigenvalue weighted by Gasteiger charge is -2.11. The van der Waals surface area contributed by atoms with Crippen LogP contribution in [-0.4, -0.2) is 31.8 Å². The molecule has 0 aliphatic heterocycles. The molecule has 0 radical (unpaired) electrons. The number of ether oxygens (including phenoxy) is 1. The first-order chi connectivity index (χ1) is 13.6. The van der Waals surface area contributed by atoms with Crippen LogP contribution in [0.25, 0.3) is 22.2 Å². The molecule has 0 fully saturated rings. The van der Waals surface area contributed by atoms with Crippen molar-refractivity contribution in [1.82, 2.24) is 30.0 Å². The van der Waals surface area contributed by atoms with Crippen molar-refractivity contribution in [1.29, 1.82) is 0 Å². The normalized spacial score (nSPS) is 11.1. The van der Waals surface area contributed by atoms with Crippen molar-refractivity contribution in [3.8, 4) is 17.0 Å². The SMILES string of the molecule is COc1cc(-c2ccc(F)cn2)cc2c(CNCc3ccn(C)n3)ncnc12. The van der Waals surface area contributed by atoms with Crippen LogP contribution >= 0.6 is 0 Å². The molecule has 0 amide bonds. The molecule has 0 aliphatic carbocycles. The molecule has 0 saturated carbocycles. The summed E-state index contributed by atoms with van der Waals surface area (Å²) in [5.74, 6) is 0.242. The van der Waals surface area contributed by atoms with Crippen molar-refractivity contribution < 1.29 is 9.13 Å². The Morgan fingerprint density at radius 2 is 2.00 bits per heavy atom. The Morgan fingerprint density at radius 3 is 2.71 bits per heavy atom. The molecule has 0 aliphatic rings. The Hall–Kier alpha value is -3.39. The summed E-state index contributed by atoms with van der Waals surface area (Å²) in [5, 5.41) is 8.57. The average molecular weight is 378 g/mol. The fourth-order valence-corrected chi connectivity index (χ4v) is 3.04. The smallest absolute Gasteiger partial charge is 0.145 e. The van der Waals surface area contributed by atoms with E-state index in [2.05, 4.69) is 25.4 Å². The lowest BCUT2D eigenvalue weighted by Crippen LogP contribution is -2.15. The van der Waals surface area contributed by atoms with E-state index in [-0.39, 0.29) is 5.82 Å². The molecule has 142 valence electrons. The zero-order chi connectivity index (χ0) is 19.5. The van der Waals surface area contributed by atoms with Crippen molar-refractivity contribution in [3.05, 3.63) is 66.3 Å². The Kier molecular flexibility index (Phi) is 4.94. The number of nitrogens with one attached hydrogen (secondary N) is 1. The highest BCUT2D eigenvalue weighted by atomic mass is 19.1. The largest absolute Gasteiger partial charge is 0.494 e. The molecule has 4 rings (SSSR count). The maximum absolute atomic E-state index is 13.2. The summed E-state index contributed by atoms with van der Waals surface area (Å²) in [6, 6.07) is 8.79. The van der Waals surface area contributed by atoms with Crippen LogP contribution in [0, 0.1) is 5.82 Å². The summed E-state index contributed by atoms with van der Waals surface area (Å²) in [6.45, 7) is 1.17. The van der Waals surface area contributed by atoms with Gasteiger partial charge in [-0.25, -0.2) is 14.4 Å². The van der Waals surface area contributed by atoms with Gasteiger partial charge in [-0.05, 0) is 30.3 Å². The van der Waals surface area contributed by atoms with Crippen molar-refractivity contribution >= 4 is 10.9 Å². The van der Waals surface area contributed by atoms with Gasteiger partial charge in [0.05, 0.1) is 30.4 Å². The minimum absolute atomic E-state index is 0.376. The Morgan fingerprint density at radius 1 is 1.11 bits per heavy atom. The van der Waals surface area contributed by atoms with Crippen molar-refractivity contribution in [2.75, 3.05) is 7.11 Å². The van der Waals surface area contributed by atoms with Crippen LogP contribution in [-0.2, 0) is 20.1 Å². The first-order valence-corrected chi connectivity index (χ1v) is 8.77. The first kappa shape index (κ1) is 18.0. The van der Waals surface area contributed by atoms with Crippen LogP contribution in [0.2, 0.25) is 0 Å². The van der Waals surface area contributed by atoms with E-state index in [0.717, 1.165) is 27.9 Å². The van der Waals surface area contributed by atoms with Gasteiger partial charge in [-0.15, -0.1) is 0 Å². The van der Waals surface area contributed by atoms with E-state index in [9.17, 15) is 4.39 Å². The van der Waals surface area contributed by atoms with Gasteiger partial charge in [-0.1, -0.05) is 0 Å². The van der Waals surface area contributed by atoms with E-state index < -0.39 is 0 Å². The zero-order valence-corrected chi connectivity index (χ0v) is 15.6. The zero-order valence-electron chi connectivity index (χ0n) is 15.6. The number of rotatable bonds is 6. The van der Waals surface area contributed by atoms with Gasteiger partial charge in [-0.2, -0.15) is 5.10 Å². The molecular weight excluding hydrogens is 359 g/mol. The molecular formula is C20H19FN6O. The third kappa shape index (κ3) is 3.67. The lowest BCUT2D eigenvalue weighted by molar-refractivity contribution is 0.419. The molecule has 28 heavy (non-hydrogen) atoms. The second kappa shape index (κ2) is 7.69. The number of nitrogens with zero attached hydrogens (tertiary/aromatic N) is 5. The molecule has 0 unspecified atom stereocenters. The number of halogens is 1. The van der Waals surface area contributed by atoms with E-state index in [1.54, 1.807) is 17.9 Å². The van der Waals surface area contributed by atoms with Crippen LogP contribution < -0.4 is 10.1 Å². The number of benzene rings is 1. The predicted molar refractivity (Wildman–Crippen MR) is 103 cm³/mol. The van der Waals surface area contributed by atoms with Crippen LogP contribution in [0.3, 0.4) is 0 Å². The monoisotopic (exact) mass is 378 g/mol. The highest BCUT2D eigenvalue weighted by Crippen LogP contribution is 2.31. The van der Waals surface area contributed by atoms with Gasteiger partial charge in [0, 0.05) is 37.3 Å². The summed E-state index contributed by atoms with van der Waals surface area (Å²) in [7, 11) is 3.48. The van der Waals surface area contributed by atoms with Gasteiger partial charge >= 0.3 is 0 Å². The lowest BCUT2D eigenvalue weighted by atomic mass is 10.1. The van der Waals surface area contributed by atoms with E-state index in [0.29, 0.717) is 24.5 Å².